The third kappa shape index (κ3) is 10.9. The van der Waals surface area contributed by atoms with E-state index < -0.39 is 14.4 Å². The maximum Gasteiger partial charge on any atom is 0.407 e. The number of alkyl carbamates (subject to hydrolysis) is 1. The minimum atomic E-state index is -2.04. The molecule has 1 saturated carbocycles. The van der Waals surface area contributed by atoms with Crippen molar-refractivity contribution in [2.45, 2.75) is 110 Å². The normalized spacial score (nSPS) is 21.3. The molecule has 4 atom stereocenters. The van der Waals surface area contributed by atoms with E-state index in [4.69, 9.17) is 18.6 Å². The molecule has 8 nitrogen and oxygen atoms in total. The van der Waals surface area contributed by atoms with E-state index >= 15 is 0 Å². The molecule has 0 radical (unpaired) electrons. The molecule has 1 fully saturated rings. The van der Waals surface area contributed by atoms with E-state index in [0.29, 0.717) is 19.4 Å². The van der Waals surface area contributed by atoms with Gasteiger partial charge in [-0.3, -0.25) is 9.59 Å². The topological polar surface area (TPSA) is 100 Å². The van der Waals surface area contributed by atoms with Crippen molar-refractivity contribution in [1.29, 1.82) is 0 Å². The Kier molecular flexibility index (Phi) is 13.0. The molecule has 9 heteroatoms. The summed E-state index contributed by atoms with van der Waals surface area (Å²) in [5.74, 6) is -0.461. The summed E-state index contributed by atoms with van der Waals surface area (Å²) in [6, 6.07) is 9.33. The van der Waals surface area contributed by atoms with Crippen molar-refractivity contribution in [2.75, 3.05) is 13.7 Å². The highest BCUT2D eigenvalue weighted by Gasteiger charge is 2.47. The van der Waals surface area contributed by atoms with Crippen molar-refractivity contribution in [3.05, 3.63) is 35.9 Å². The Morgan fingerprint density at radius 2 is 1.67 bits per heavy atom. The molecule has 220 valence electrons. The Morgan fingerprint density at radius 3 is 2.28 bits per heavy atom. The first kappa shape index (κ1) is 32.8. The Labute approximate surface area is 235 Å². The number of carbonyl (C=O) groups is 3. The van der Waals surface area contributed by atoms with Gasteiger partial charge in [-0.15, -0.1) is 0 Å². The summed E-state index contributed by atoms with van der Waals surface area (Å²) in [5.41, 5.74) is 0.916. The molecule has 0 saturated heterocycles. The molecule has 1 aliphatic carbocycles. The Hall–Kier alpha value is -2.39. The number of nitrogens with one attached hydrogen (secondary N) is 1. The lowest BCUT2D eigenvalue weighted by Crippen LogP contribution is -2.46. The number of methoxy groups -OCH3 is 1. The lowest BCUT2D eigenvalue weighted by Gasteiger charge is -2.38. The van der Waals surface area contributed by atoms with Gasteiger partial charge < -0.3 is 24.0 Å². The third-order valence-electron chi connectivity index (χ3n) is 8.20. The summed E-state index contributed by atoms with van der Waals surface area (Å²) in [5, 5.41) is 3.12. The van der Waals surface area contributed by atoms with Crippen LogP contribution in [-0.4, -0.2) is 52.2 Å². The van der Waals surface area contributed by atoms with Gasteiger partial charge in [0.2, 0.25) is 0 Å². The average molecular weight is 564 g/mol. The summed E-state index contributed by atoms with van der Waals surface area (Å²) >= 11 is 0. The van der Waals surface area contributed by atoms with E-state index in [1.54, 1.807) is 0 Å². The maximum absolute atomic E-state index is 12.8. The Bertz CT molecular complexity index is 916. The fraction of sp³-hybridized carbons (Fsp3) is 0.700. The van der Waals surface area contributed by atoms with Gasteiger partial charge in [0.15, 0.2) is 8.32 Å². The largest absolute Gasteiger partial charge is 0.469 e. The van der Waals surface area contributed by atoms with Crippen LogP contribution in [0.2, 0.25) is 18.1 Å². The van der Waals surface area contributed by atoms with E-state index in [0.717, 1.165) is 37.7 Å². The number of hydrogen-bond donors (Lipinski definition) is 1. The van der Waals surface area contributed by atoms with Crippen LogP contribution in [0.4, 0.5) is 4.79 Å². The van der Waals surface area contributed by atoms with Crippen molar-refractivity contribution < 1.29 is 33.0 Å². The number of hydrogen-bond acceptors (Lipinski definition) is 7. The highest BCUT2D eigenvalue weighted by molar-refractivity contribution is 6.74. The summed E-state index contributed by atoms with van der Waals surface area (Å²) in [6.07, 6.45) is 4.64. The second-order valence-electron chi connectivity index (χ2n) is 12.1. The van der Waals surface area contributed by atoms with Gasteiger partial charge in [0, 0.05) is 44.2 Å². The van der Waals surface area contributed by atoms with Crippen molar-refractivity contribution in [1.82, 2.24) is 5.32 Å². The Balaban J connectivity index is 2.11. The standard InChI is InChI=1S/C30H49NO7Si/c1-22(32)38-27-19-26(31-29(34)36-20-23-15-11-10-12-16-23)25(21-37-39(6,7)30(2,3)4)24(27)17-13-8-9-14-18-28(33)35-5/h10-12,15-16,24-27H,8-9,13-14,17-21H2,1-7H3,(H,31,34)/t24?,25-,26-,27+/m1/s1. The van der Waals surface area contributed by atoms with E-state index in [9.17, 15) is 14.4 Å². The molecule has 1 N–H and O–H groups in total. The molecule has 1 aliphatic rings. The number of unbranched alkanes of at least 4 members (excludes halogenated alkanes) is 3. The van der Waals surface area contributed by atoms with Crippen LogP contribution in [-0.2, 0) is 34.8 Å². The average Bonchev–Trinajstić information content (AvgIpc) is 3.17. The van der Waals surface area contributed by atoms with Crippen LogP contribution in [0.5, 0.6) is 0 Å². The Morgan fingerprint density at radius 1 is 1.00 bits per heavy atom. The van der Waals surface area contributed by atoms with E-state index in [2.05, 4.69) is 39.2 Å². The van der Waals surface area contributed by atoms with Gasteiger partial charge in [0.05, 0.1) is 7.11 Å². The molecule has 39 heavy (non-hydrogen) atoms. The van der Waals surface area contributed by atoms with Crippen LogP contribution in [0.1, 0.15) is 78.2 Å². The number of benzene rings is 1. The predicted octanol–water partition coefficient (Wildman–Crippen LogP) is 6.38. The van der Waals surface area contributed by atoms with Gasteiger partial charge in [-0.2, -0.15) is 0 Å². The molecule has 0 heterocycles. The van der Waals surface area contributed by atoms with Crippen molar-refractivity contribution in [3.63, 3.8) is 0 Å². The molecule has 0 aliphatic heterocycles. The monoisotopic (exact) mass is 563 g/mol. The molecular weight excluding hydrogens is 514 g/mol. The summed E-state index contributed by atoms with van der Waals surface area (Å²) < 4.78 is 22.7. The minimum absolute atomic E-state index is 0.0113. The summed E-state index contributed by atoms with van der Waals surface area (Å²) in [7, 11) is -0.635. The molecule has 0 bridgehead atoms. The van der Waals surface area contributed by atoms with Gasteiger partial charge in [-0.25, -0.2) is 4.79 Å². The van der Waals surface area contributed by atoms with Crippen LogP contribution < -0.4 is 5.32 Å². The fourth-order valence-corrected chi connectivity index (χ4v) is 5.91. The van der Waals surface area contributed by atoms with Crippen molar-refractivity contribution in [3.8, 4) is 0 Å². The zero-order chi connectivity index (χ0) is 29.1. The van der Waals surface area contributed by atoms with Gasteiger partial charge >= 0.3 is 18.0 Å². The first-order valence-corrected chi connectivity index (χ1v) is 17.1. The summed E-state index contributed by atoms with van der Waals surface area (Å²) in [4.78, 5) is 36.2. The molecule has 0 aromatic heterocycles. The number of carbonyl (C=O) groups excluding carboxylic acids is 3. The molecule has 1 aromatic carbocycles. The predicted molar refractivity (Wildman–Crippen MR) is 154 cm³/mol. The number of esters is 2. The first-order chi connectivity index (χ1) is 18.3. The quantitative estimate of drug-likeness (QED) is 0.121. The summed E-state index contributed by atoms with van der Waals surface area (Å²) in [6.45, 7) is 13.2. The van der Waals surface area contributed by atoms with Crippen molar-refractivity contribution >= 4 is 26.3 Å². The molecule has 1 aromatic rings. The lowest BCUT2D eigenvalue weighted by molar-refractivity contribution is -0.148. The third-order valence-corrected chi connectivity index (χ3v) is 12.7. The second kappa shape index (κ2) is 15.4. The van der Waals surface area contributed by atoms with Crippen LogP contribution in [0.3, 0.4) is 0 Å². The SMILES string of the molecule is COC(=O)CCCCCCC1[C@@H](OC(C)=O)C[C@@H](NC(=O)OCc2ccccc2)[C@@H]1CO[Si](C)(C)C(C)(C)C. The molecule has 2 rings (SSSR count). The first-order valence-electron chi connectivity index (χ1n) is 14.2. The number of rotatable bonds is 14. The highest BCUT2D eigenvalue weighted by atomic mass is 28.4. The lowest BCUT2D eigenvalue weighted by atomic mass is 9.88. The van der Waals surface area contributed by atoms with Gasteiger partial charge in [0.25, 0.3) is 0 Å². The molecular formula is C30H49NO7Si. The minimum Gasteiger partial charge on any atom is -0.469 e. The second-order valence-corrected chi connectivity index (χ2v) is 16.9. The van der Waals surface area contributed by atoms with E-state index in [1.165, 1.54) is 14.0 Å². The molecule has 0 spiro atoms. The zero-order valence-electron chi connectivity index (χ0n) is 24.9. The van der Waals surface area contributed by atoms with Crippen LogP contribution >= 0.6 is 0 Å². The zero-order valence-corrected chi connectivity index (χ0v) is 25.9. The van der Waals surface area contributed by atoms with Crippen LogP contribution in [0, 0.1) is 11.8 Å². The fourth-order valence-electron chi connectivity index (χ4n) is 4.87. The van der Waals surface area contributed by atoms with Crippen molar-refractivity contribution in [2.24, 2.45) is 11.8 Å². The highest BCUT2D eigenvalue weighted by Crippen LogP contribution is 2.42. The van der Waals surface area contributed by atoms with Crippen LogP contribution in [0.15, 0.2) is 30.3 Å². The van der Waals surface area contributed by atoms with Gasteiger partial charge in [-0.05, 0) is 36.5 Å². The maximum atomic E-state index is 12.8. The van der Waals surface area contributed by atoms with E-state index in [-0.39, 0.29) is 47.6 Å². The molecule has 1 unspecified atom stereocenters. The van der Waals surface area contributed by atoms with E-state index in [1.807, 2.05) is 30.3 Å². The number of amides is 1. The number of ether oxygens (including phenoxy) is 3. The smallest absolute Gasteiger partial charge is 0.407 e. The van der Waals surface area contributed by atoms with Gasteiger partial charge in [-0.1, -0.05) is 70.4 Å². The van der Waals surface area contributed by atoms with Crippen LogP contribution in [0.25, 0.3) is 0 Å². The van der Waals surface area contributed by atoms with Gasteiger partial charge in [0.1, 0.15) is 12.7 Å². The molecule has 1 amide bonds.